The highest BCUT2D eigenvalue weighted by molar-refractivity contribution is 7.07. The standard InChI is InChI=1S/C22H28N2O2S/c1-26-13-12-24-21(25)20(19-5-3-2-4-6-19)15-22(24)8-10-23(11-9-22)16-18-7-14-27-17-18/h2-7,14,17,20H,8-13,15-16H2,1H3/t20-/m0/s1. The molecular weight excluding hydrogens is 356 g/mol. The number of hydrogen-bond acceptors (Lipinski definition) is 4. The third-order valence-corrected chi connectivity index (χ3v) is 6.95. The molecule has 0 N–H and O–H groups in total. The summed E-state index contributed by atoms with van der Waals surface area (Å²) < 4.78 is 5.32. The number of rotatable bonds is 6. The van der Waals surface area contributed by atoms with Crippen LogP contribution in [0, 0.1) is 0 Å². The number of benzene rings is 1. The normalized spacial score (nSPS) is 22.6. The van der Waals surface area contributed by atoms with Gasteiger partial charge in [0.05, 0.1) is 12.5 Å². The summed E-state index contributed by atoms with van der Waals surface area (Å²) in [6.07, 6.45) is 3.04. The monoisotopic (exact) mass is 384 g/mol. The molecule has 1 aromatic carbocycles. The summed E-state index contributed by atoms with van der Waals surface area (Å²) in [5.74, 6) is 0.274. The zero-order chi connectivity index (χ0) is 18.7. The predicted octanol–water partition coefficient (Wildman–Crippen LogP) is 3.75. The number of carbonyl (C=O) groups is 1. The molecule has 2 fully saturated rings. The first-order chi connectivity index (χ1) is 13.2. The maximum absolute atomic E-state index is 13.3. The number of nitrogens with zero attached hydrogens (tertiary/aromatic N) is 2. The van der Waals surface area contributed by atoms with Gasteiger partial charge in [-0.3, -0.25) is 9.69 Å². The molecule has 27 heavy (non-hydrogen) atoms. The van der Waals surface area contributed by atoms with E-state index in [-0.39, 0.29) is 17.4 Å². The van der Waals surface area contributed by atoms with Crippen LogP contribution in [0.4, 0.5) is 0 Å². The van der Waals surface area contributed by atoms with Gasteiger partial charge in [-0.1, -0.05) is 30.3 Å². The Kier molecular flexibility index (Phi) is 5.62. The third kappa shape index (κ3) is 3.82. The average Bonchev–Trinajstić information content (AvgIpc) is 3.30. The van der Waals surface area contributed by atoms with E-state index in [9.17, 15) is 4.79 Å². The van der Waals surface area contributed by atoms with Crippen molar-refractivity contribution in [2.24, 2.45) is 0 Å². The molecule has 1 spiro atoms. The highest BCUT2D eigenvalue weighted by Crippen LogP contribution is 2.45. The molecule has 0 bridgehead atoms. The lowest BCUT2D eigenvalue weighted by molar-refractivity contribution is -0.134. The van der Waals surface area contributed by atoms with Gasteiger partial charge in [-0.15, -0.1) is 0 Å². The van der Waals surface area contributed by atoms with Gasteiger partial charge in [0.25, 0.3) is 0 Å². The topological polar surface area (TPSA) is 32.8 Å². The second kappa shape index (κ2) is 8.13. The van der Waals surface area contributed by atoms with Gasteiger partial charge in [-0.25, -0.2) is 0 Å². The number of methoxy groups -OCH3 is 1. The van der Waals surface area contributed by atoms with Crippen molar-refractivity contribution < 1.29 is 9.53 Å². The molecule has 0 unspecified atom stereocenters. The van der Waals surface area contributed by atoms with Crippen molar-refractivity contribution in [2.75, 3.05) is 33.4 Å². The third-order valence-electron chi connectivity index (χ3n) is 6.21. The van der Waals surface area contributed by atoms with Crippen LogP contribution in [-0.2, 0) is 16.1 Å². The Morgan fingerprint density at radius 3 is 2.63 bits per heavy atom. The molecule has 1 aromatic heterocycles. The van der Waals surface area contributed by atoms with E-state index in [0.29, 0.717) is 13.2 Å². The fraction of sp³-hybridized carbons (Fsp3) is 0.500. The fourth-order valence-corrected chi connectivity index (χ4v) is 5.38. The number of carbonyl (C=O) groups excluding carboxylic acids is 1. The smallest absolute Gasteiger partial charge is 0.230 e. The van der Waals surface area contributed by atoms with Crippen LogP contribution >= 0.6 is 11.3 Å². The zero-order valence-electron chi connectivity index (χ0n) is 16.0. The first-order valence-corrected chi connectivity index (χ1v) is 10.7. The van der Waals surface area contributed by atoms with Crippen LogP contribution in [-0.4, -0.2) is 54.6 Å². The maximum Gasteiger partial charge on any atom is 0.230 e. The van der Waals surface area contributed by atoms with Crippen molar-refractivity contribution in [1.82, 2.24) is 9.80 Å². The Bertz CT molecular complexity index is 739. The lowest BCUT2D eigenvalue weighted by atomic mass is 9.81. The summed E-state index contributed by atoms with van der Waals surface area (Å²) in [5, 5.41) is 4.38. The van der Waals surface area contributed by atoms with E-state index in [2.05, 4.69) is 38.8 Å². The number of ether oxygens (including phenoxy) is 1. The maximum atomic E-state index is 13.3. The lowest BCUT2D eigenvalue weighted by Gasteiger charge is -2.45. The molecule has 2 saturated heterocycles. The van der Waals surface area contributed by atoms with Gasteiger partial charge < -0.3 is 9.64 Å². The number of thiophene rings is 1. The number of amides is 1. The molecule has 1 atom stereocenters. The van der Waals surface area contributed by atoms with Gasteiger partial charge in [0.1, 0.15) is 0 Å². The van der Waals surface area contributed by atoms with Crippen LogP contribution in [0.3, 0.4) is 0 Å². The molecule has 4 nitrogen and oxygen atoms in total. The van der Waals surface area contributed by atoms with Crippen LogP contribution in [0.25, 0.3) is 0 Å². The zero-order valence-corrected chi connectivity index (χ0v) is 16.8. The molecule has 144 valence electrons. The van der Waals surface area contributed by atoms with E-state index < -0.39 is 0 Å². The van der Waals surface area contributed by atoms with E-state index in [4.69, 9.17) is 4.74 Å². The van der Waals surface area contributed by atoms with Crippen LogP contribution in [0.1, 0.15) is 36.3 Å². The second-order valence-electron chi connectivity index (χ2n) is 7.78. The van der Waals surface area contributed by atoms with Crippen LogP contribution in [0.15, 0.2) is 47.2 Å². The van der Waals surface area contributed by atoms with Crippen molar-refractivity contribution in [3.63, 3.8) is 0 Å². The number of piperidine rings is 1. The Labute approximate surface area is 165 Å². The fourth-order valence-electron chi connectivity index (χ4n) is 4.72. The molecular formula is C22H28N2O2S. The minimum Gasteiger partial charge on any atom is -0.383 e. The minimum absolute atomic E-state index is 0.00789. The van der Waals surface area contributed by atoms with E-state index in [1.165, 1.54) is 5.56 Å². The van der Waals surface area contributed by atoms with Crippen molar-refractivity contribution in [3.05, 3.63) is 58.3 Å². The molecule has 2 aromatic rings. The summed E-state index contributed by atoms with van der Waals surface area (Å²) in [5.41, 5.74) is 2.54. The van der Waals surface area contributed by atoms with Gasteiger partial charge in [-0.05, 0) is 47.2 Å². The van der Waals surface area contributed by atoms with Crippen molar-refractivity contribution in [2.45, 2.75) is 37.3 Å². The Balaban J connectivity index is 1.50. The second-order valence-corrected chi connectivity index (χ2v) is 8.56. The molecule has 0 saturated carbocycles. The van der Waals surface area contributed by atoms with Gasteiger partial charge in [0.2, 0.25) is 5.91 Å². The van der Waals surface area contributed by atoms with E-state index in [0.717, 1.165) is 44.5 Å². The molecule has 0 aliphatic carbocycles. The molecule has 5 heteroatoms. The molecule has 3 heterocycles. The van der Waals surface area contributed by atoms with Gasteiger partial charge >= 0.3 is 0 Å². The summed E-state index contributed by atoms with van der Waals surface area (Å²) in [4.78, 5) is 18.0. The van der Waals surface area contributed by atoms with E-state index in [1.807, 2.05) is 18.2 Å². The largest absolute Gasteiger partial charge is 0.383 e. The molecule has 2 aliphatic rings. The highest BCUT2D eigenvalue weighted by atomic mass is 32.1. The van der Waals surface area contributed by atoms with Crippen LogP contribution in [0.5, 0.6) is 0 Å². The summed E-state index contributed by atoms with van der Waals surface area (Å²) in [6.45, 7) is 4.42. The highest BCUT2D eigenvalue weighted by Gasteiger charge is 2.51. The first-order valence-electron chi connectivity index (χ1n) is 9.81. The Hall–Kier alpha value is -1.69. The molecule has 1 amide bonds. The predicted molar refractivity (Wildman–Crippen MR) is 109 cm³/mol. The van der Waals surface area contributed by atoms with Crippen molar-refractivity contribution in [1.29, 1.82) is 0 Å². The Morgan fingerprint density at radius 1 is 1.19 bits per heavy atom. The van der Waals surface area contributed by atoms with Crippen LogP contribution < -0.4 is 0 Å². The molecule has 2 aliphatic heterocycles. The van der Waals surface area contributed by atoms with E-state index >= 15 is 0 Å². The summed E-state index contributed by atoms with van der Waals surface area (Å²) in [7, 11) is 1.71. The van der Waals surface area contributed by atoms with E-state index in [1.54, 1.807) is 18.4 Å². The quantitative estimate of drug-likeness (QED) is 0.760. The van der Waals surface area contributed by atoms with Crippen LogP contribution in [0.2, 0.25) is 0 Å². The van der Waals surface area contributed by atoms with Crippen molar-refractivity contribution in [3.8, 4) is 0 Å². The summed E-state index contributed by atoms with van der Waals surface area (Å²) in [6, 6.07) is 12.5. The van der Waals surface area contributed by atoms with Crippen molar-refractivity contribution >= 4 is 17.2 Å². The summed E-state index contributed by atoms with van der Waals surface area (Å²) >= 11 is 1.76. The van der Waals surface area contributed by atoms with Gasteiger partial charge in [0.15, 0.2) is 0 Å². The SMILES string of the molecule is COCCN1C(=O)[C@H](c2ccccc2)CC12CCN(Cc1ccsc1)CC2. The number of likely N-dealkylation sites (tertiary alicyclic amines) is 2. The first kappa shape index (κ1) is 18.7. The molecule has 4 rings (SSSR count). The lowest BCUT2D eigenvalue weighted by Crippen LogP contribution is -2.53. The Morgan fingerprint density at radius 2 is 1.96 bits per heavy atom. The van der Waals surface area contributed by atoms with Gasteiger partial charge in [0, 0.05) is 38.8 Å². The number of hydrogen-bond donors (Lipinski definition) is 0. The molecule has 0 radical (unpaired) electrons. The van der Waals surface area contributed by atoms with Gasteiger partial charge in [-0.2, -0.15) is 11.3 Å². The average molecular weight is 385 g/mol. The minimum atomic E-state index is -0.0126.